The van der Waals surface area contributed by atoms with E-state index in [1.807, 2.05) is 0 Å². The fourth-order valence-corrected chi connectivity index (χ4v) is 1.11. The van der Waals surface area contributed by atoms with Crippen LogP contribution in [0.4, 0.5) is 11.4 Å². The minimum atomic E-state index is -0.881. The van der Waals surface area contributed by atoms with Crippen LogP contribution in [0.25, 0.3) is 0 Å². The van der Waals surface area contributed by atoms with Crippen LogP contribution in [0, 0.1) is 0 Å². The Hall–Kier alpha value is -1.26. The summed E-state index contributed by atoms with van der Waals surface area (Å²) >= 11 is 5.77. The quantitative estimate of drug-likeness (QED) is 0.800. The number of methoxy groups -OCH3 is 1. The second kappa shape index (κ2) is 4.72. The lowest BCUT2D eigenvalue weighted by molar-refractivity contribution is -0.133. The van der Waals surface area contributed by atoms with Crippen LogP contribution >= 0.6 is 11.6 Å². The SMILES string of the molecule is COC(C)(C)C(=O)Nc1ccc(Cl)c(N)c1. The van der Waals surface area contributed by atoms with Gasteiger partial charge in [-0.2, -0.15) is 0 Å². The number of carbonyl (C=O) groups excluding carboxylic acids is 1. The van der Waals surface area contributed by atoms with Crippen LogP contribution in [0.1, 0.15) is 13.8 Å². The predicted molar refractivity (Wildman–Crippen MR) is 65.6 cm³/mol. The maximum absolute atomic E-state index is 11.8. The number of hydrogen-bond acceptors (Lipinski definition) is 3. The fourth-order valence-electron chi connectivity index (χ4n) is 0.996. The van der Waals surface area contributed by atoms with Gasteiger partial charge in [0.1, 0.15) is 5.60 Å². The Kier molecular flexibility index (Phi) is 3.78. The van der Waals surface area contributed by atoms with Crippen molar-refractivity contribution in [2.75, 3.05) is 18.2 Å². The van der Waals surface area contributed by atoms with E-state index < -0.39 is 5.60 Å². The van der Waals surface area contributed by atoms with Crippen LogP contribution in [0.3, 0.4) is 0 Å². The van der Waals surface area contributed by atoms with Crippen LogP contribution < -0.4 is 11.1 Å². The lowest BCUT2D eigenvalue weighted by atomic mass is 10.1. The zero-order valence-electron chi connectivity index (χ0n) is 9.50. The Morgan fingerprint density at radius 3 is 2.62 bits per heavy atom. The third kappa shape index (κ3) is 2.87. The first kappa shape index (κ1) is 12.8. The van der Waals surface area contributed by atoms with E-state index in [9.17, 15) is 4.79 Å². The van der Waals surface area contributed by atoms with Crippen molar-refractivity contribution in [2.24, 2.45) is 0 Å². The molecule has 0 aliphatic carbocycles. The lowest BCUT2D eigenvalue weighted by Crippen LogP contribution is -2.38. The highest BCUT2D eigenvalue weighted by atomic mass is 35.5. The Morgan fingerprint density at radius 1 is 1.50 bits per heavy atom. The molecule has 0 spiro atoms. The third-order valence-corrected chi connectivity index (χ3v) is 2.66. The molecule has 1 rings (SSSR count). The first-order chi connectivity index (χ1) is 7.36. The van der Waals surface area contributed by atoms with Gasteiger partial charge in [-0.1, -0.05) is 11.6 Å². The molecule has 16 heavy (non-hydrogen) atoms. The summed E-state index contributed by atoms with van der Waals surface area (Å²) in [6.45, 7) is 3.36. The molecule has 3 N–H and O–H groups in total. The normalized spacial score (nSPS) is 11.2. The van der Waals surface area contributed by atoms with E-state index >= 15 is 0 Å². The standard InChI is InChI=1S/C11H15ClN2O2/c1-11(2,16-3)10(15)14-7-4-5-8(12)9(13)6-7/h4-6H,13H2,1-3H3,(H,14,15). The molecule has 0 unspecified atom stereocenters. The maximum Gasteiger partial charge on any atom is 0.256 e. The molecule has 0 aliphatic rings. The van der Waals surface area contributed by atoms with E-state index in [1.54, 1.807) is 32.0 Å². The zero-order chi connectivity index (χ0) is 12.3. The number of carbonyl (C=O) groups is 1. The molecule has 88 valence electrons. The fraction of sp³-hybridized carbons (Fsp3) is 0.364. The highest BCUT2D eigenvalue weighted by molar-refractivity contribution is 6.33. The van der Waals surface area contributed by atoms with E-state index in [1.165, 1.54) is 7.11 Å². The highest BCUT2D eigenvalue weighted by Crippen LogP contribution is 2.23. The number of ether oxygens (including phenoxy) is 1. The highest BCUT2D eigenvalue weighted by Gasteiger charge is 2.26. The Labute approximate surface area is 99.7 Å². The molecule has 5 heteroatoms. The minimum Gasteiger partial charge on any atom is -0.397 e. The molecule has 0 fully saturated rings. The molecule has 0 aromatic heterocycles. The second-order valence-electron chi connectivity index (χ2n) is 3.90. The van der Waals surface area contributed by atoms with Crippen molar-refractivity contribution >= 4 is 28.9 Å². The van der Waals surface area contributed by atoms with Crippen molar-refractivity contribution in [3.05, 3.63) is 23.2 Å². The molecule has 0 radical (unpaired) electrons. The second-order valence-corrected chi connectivity index (χ2v) is 4.31. The van der Waals surface area contributed by atoms with Gasteiger partial charge in [-0.25, -0.2) is 0 Å². The molecule has 0 aliphatic heterocycles. The van der Waals surface area contributed by atoms with Gasteiger partial charge in [0, 0.05) is 12.8 Å². The first-order valence-electron chi connectivity index (χ1n) is 4.78. The molecule has 0 bridgehead atoms. The van der Waals surface area contributed by atoms with Crippen molar-refractivity contribution in [1.82, 2.24) is 0 Å². The van der Waals surface area contributed by atoms with E-state index in [4.69, 9.17) is 22.1 Å². The van der Waals surface area contributed by atoms with Crippen molar-refractivity contribution in [2.45, 2.75) is 19.4 Å². The number of nitrogen functional groups attached to an aromatic ring is 1. The van der Waals surface area contributed by atoms with Crippen LogP contribution in [0.2, 0.25) is 5.02 Å². The zero-order valence-corrected chi connectivity index (χ0v) is 10.3. The summed E-state index contributed by atoms with van der Waals surface area (Å²) in [5.41, 5.74) is 5.76. The number of hydrogen-bond donors (Lipinski definition) is 2. The van der Waals surface area contributed by atoms with Crippen LogP contribution in [-0.4, -0.2) is 18.6 Å². The monoisotopic (exact) mass is 242 g/mol. The van der Waals surface area contributed by atoms with Gasteiger partial charge < -0.3 is 15.8 Å². The molecule has 1 aromatic carbocycles. The molecule has 1 aromatic rings. The van der Waals surface area contributed by atoms with E-state index in [2.05, 4.69) is 5.32 Å². The number of halogens is 1. The van der Waals surface area contributed by atoms with Crippen LogP contribution in [-0.2, 0) is 9.53 Å². The van der Waals surface area contributed by atoms with Gasteiger partial charge in [0.25, 0.3) is 5.91 Å². The topological polar surface area (TPSA) is 64.3 Å². The Balaban J connectivity index is 2.82. The molecule has 0 saturated carbocycles. The van der Waals surface area contributed by atoms with Crippen molar-refractivity contribution in [3.63, 3.8) is 0 Å². The molecular weight excluding hydrogens is 228 g/mol. The number of nitrogens with two attached hydrogens (primary N) is 1. The van der Waals surface area contributed by atoms with Crippen molar-refractivity contribution in [3.8, 4) is 0 Å². The van der Waals surface area contributed by atoms with Gasteiger partial charge in [0.05, 0.1) is 10.7 Å². The maximum atomic E-state index is 11.8. The average molecular weight is 243 g/mol. The largest absolute Gasteiger partial charge is 0.397 e. The summed E-state index contributed by atoms with van der Waals surface area (Å²) in [6.07, 6.45) is 0. The summed E-state index contributed by atoms with van der Waals surface area (Å²) in [5, 5.41) is 3.16. The van der Waals surface area contributed by atoms with E-state index in [-0.39, 0.29) is 5.91 Å². The summed E-state index contributed by atoms with van der Waals surface area (Å²) in [6, 6.07) is 4.92. The number of amides is 1. The summed E-state index contributed by atoms with van der Waals surface area (Å²) in [4.78, 5) is 11.8. The lowest BCUT2D eigenvalue weighted by Gasteiger charge is -2.21. The van der Waals surface area contributed by atoms with Gasteiger partial charge >= 0.3 is 0 Å². The Morgan fingerprint density at radius 2 is 2.12 bits per heavy atom. The van der Waals surface area contributed by atoms with Gasteiger partial charge in [-0.05, 0) is 32.0 Å². The Bertz CT molecular complexity index is 405. The van der Waals surface area contributed by atoms with E-state index in [0.29, 0.717) is 16.4 Å². The van der Waals surface area contributed by atoms with Crippen LogP contribution in [0.5, 0.6) is 0 Å². The summed E-state index contributed by atoms with van der Waals surface area (Å²) < 4.78 is 5.06. The predicted octanol–water partition coefficient (Wildman–Crippen LogP) is 2.29. The molecule has 0 heterocycles. The minimum absolute atomic E-state index is 0.239. The van der Waals surface area contributed by atoms with Crippen molar-refractivity contribution in [1.29, 1.82) is 0 Å². The summed E-state index contributed by atoms with van der Waals surface area (Å²) in [7, 11) is 1.48. The summed E-state index contributed by atoms with van der Waals surface area (Å²) in [5.74, 6) is -0.239. The number of benzene rings is 1. The molecular formula is C11H15ClN2O2. The average Bonchev–Trinajstić information content (AvgIpc) is 2.23. The molecule has 0 saturated heterocycles. The molecule has 0 atom stereocenters. The van der Waals surface area contributed by atoms with Crippen molar-refractivity contribution < 1.29 is 9.53 Å². The number of anilines is 2. The van der Waals surface area contributed by atoms with Gasteiger partial charge in [0.15, 0.2) is 0 Å². The number of rotatable bonds is 3. The third-order valence-electron chi connectivity index (χ3n) is 2.31. The smallest absolute Gasteiger partial charge is 0.256 e. The van der Waals surface area contributed by atoms with Gasteiger partial charge in [-0.3, -0.25) is 4.79 Å². The first-order valence-corrected chi connectivity index (χ1v) is 5.16. The number of nitrogens with one attached hydrogen (secondary N) is 1. The van der Waals surface area contributed by atoms with Crippen LogP contribution in [0.15, 0.2) is 18.2 Å². The molecule has 4 nitrogen and oxygen atoms in total. The molecule has 1 amide bonds. The van der Waals surface area contributed by atoms with Gasteiger partial charge in [0.2, 0.25) is 0 Å². The van der Waals surface area contributed by atoms with Gasteiger partial charge in [-0.15, -0.1) is 0 Å². The van der Waals surface area contributed by atoms with E-state index in [0.717, 1.165) is 0 Å².